The van der Waals surface area contributed by atoms with Crippen LogP contribution in [0.15, 0.2) is 67.3 Å². The first-order valence-electron chi connectivity index (χ1n) is 10.1. The molecule has 0 spiro atoms. The van der Waals surface area contributed by atoms with E-state index in [9.17, 15) is 19.8 Å². The number of methoxy groups -OCH3 is 2. The van der Waals surface area contributed by atoms with Crippen molar-refractivity contribution in [3.63, 3.8) is 0 Å². The van der Waals surface area contributed by atoms with Crippen molar-refractivity contribution < 1.29 is 34.0 Å². The van der Waals surface area contributed by atoms with Gasteiger partial charge < -0.3 is 24.4 Å². The van der Waals surface area contributed by atoms with Crippen LogP contribution in [0.1, 0.15) is 21.5 Å². The van der Waals surface area contributed by atoms with Gasteiger partial charge in [-0.1, -0.05) is 30.8 Å². The molecule has 0 heterocycles. The first-order chi connectivity index (χ1) is 15.9. The van der Waals surface area contributed by atoms with E-state index in [1.165, 1.54) is 32.4 Å². The molecule has 7 heteroatoms. The second-order valence-electron chi connectivity index (χ2n) is 7.07. The van der Waals surface area contributed by atoms with Crippen LogP contribution in [-0.2, 0) is 16.0 Å². The molecular formula is C26H24O7. The molecule has 0 bridgehead atoms. The van der Waals surface area contributed by atoms with E-state index in [4.69, 9.17) is 14.2 Å². The van der Waals surface area contributed by atoms with Gasteiger partial charge in [0.15, 0.2) is 5.78 Å². The van der Waals surface area contributed by atoms with Gasteiger partial charge in [-0.05, 0) is 35.4 Å². The average molecular weight is 448 g/mol. The lowest BCUT2D eigenvalue weighted by molar-refractivity contribution is -0.137. The molecule has 0 unspecified atom stereocenters. The zero-order chi connectivity index (χ0) is 24.0. The molecule has 170 valence electrons. The van der Waals surface area contributed by atoms with E-state index in [-0.39, 0.29) is 29.2 Å². The smallest absolute Gasteiger partial charge is 0.330 e. The lowest BCUT2D eigenvalue weighted by Crippen LogP contribution is -2.05. The standard InChI is InChI=1S/C26H24O7/c1-4-23(28)33-13-12-16-6-5-7-17(14-16)24-22(32-3)11-10-20(26(24)30)25(29)19-9-8-18(31-2)15-21(19)27/h4-11,14-15,27,30H,1,12-13H2,2-3H3. The lowest BCUT2D eigenvalue weighted by atomic mass is 9.94. The van der Waals surface area contributed by atoms with E-state index in [0.29, 0.717) is 29.0 Å². The minimum absolute atomic E-state index is 0.0107. The molecule has 0 aliphatic heterocycles. The summed E-state index contributed by atoms with van der Waals surface area (Å²) in [5.41, 5.74) is 1.85. The fourth-order valence-electron chi connectivity index (χ4n) is 3.39. The second kappa shape index (κ2) is 10.4. The fraction of sp³-hybridized carbons (Fsp3) is 0.154. The first kappa shape index (κ1) is 23.4. The van der Waals surface area contributed by atoms with Gasteiger partial charge in [0.25, 0.3) is 0 Å². The van der Waals surface area contributed by atoms with E-state index in [1.807, 2.05) is 12.1 Å². The zero-order valence-electron chi connectivity index (χ0n) is 18.3. The fourth-order valence-corrected chi connectivity index (χ4v) is 3.39. The molecule has 3 aromatic rings. The van der Waals surface area contributed by atoms with Gasteiger partial charge >= 0.3 is 5.97 Å². The number of benzene rings is 3. The Balaban J connectivity index is 1.99. The van der Waals surface area contributed by atoms with Gasteiger partial charge in [0.2, 0.25) is 0 Å². The van der Waals surface area contributed by atoms with Gasteiger partial charge in [-0.15, -0.1) is 0 Å². The number of phenols is 2. The maximum absolute atomic E-state index is 13.1. The maximum atomic E-state index is 13.1. The summed E-state index contributed by atoms with van der Waals surface area (Å²) < 4.78 is 15.5. The Hall–Kier alpha value is -4.26. The van der Waals surface area contributed by atoms with Gasteiger partial charge in [-0.3, -0.25) is 4.79 Å². The maximum Gasteiger partial charge on any atom is 0.330 e. The van der Waals surface area contributed by atoms with Crippen molar-refractivity contribution in [2.24, 2.45) is 0 Å². The first-order valence-corrected chi connectivity index (χ1v) is 10.1. The van der Waals surface area contributed by atoms with E-state index in [0.717, 1.165) is 11.6 Å². The molecule has 0 fully saturated rings. The number of aromatic hydroxyl groups is 2. The highest BCUT2D eigenvalue weighted by atomic mass is 16.5. The minimum atomic E-state index is -0.552. The molecule has 0 aromatic heterocycles. The molecule has 0 aliphatic carbocycles. The number of carbonyl (C=O) groups excluding carboxylic acids is 2. The van der Waals surface area contributed by atoms with Crippen LogP contribution in [0.2, 0.25) is 0 Å². The van der Waals surface area contributed by atoms with Crippen LogP contribution in [0.4, 0.5) is 0 Å². The Morgan fingerprint density at radius 2 is 1.73 bits per heavy atom. The third-order valence-corrected chi connectivity index (χ3v) is 5.07. The molecule has 7 nitrogen and oxygen atoms in total. The third kappa shape index (κ3) is 5.15. The highest BCUT2D eigenvalue weighted by Gasteiger charge is 2.23. The lowest BCUT2D eigenvalue weighted by Gasteiger charge is -2.15. The van der Waals surface area contributed by atoms with Gasteiger partial charge in [0.05, 0.1) is 37.5 Å². The van der Waals surface area contributed by atoms with Crippen molar-refractivity contribution in [2.45, 2.75) is 6.42 Å². The molecule has 0 saturated carbocycles. The second-order valence-corrected chi connectivity index (χ2v) is 7.07. The number of rotatable bonds is 9. The van der Waals surface area contributed by atoms with Gasteiger partial charge in [-0.25, -0.2) is 4.79 Å². The van der Waals surface area contributed by atoms with Crippen LogP contribution < -0.4 is 9.47 Å². The molecule has 3 aromatic carbocycles. The molecule has 2 N–H and O–H groups in total. The summed E-state index contributed by atoms with van der Waals surface area (Å²) in [5, 5.41) is 21.3. The van der Waals surface area contributed by atoms with Crippen molar-refractivity contribution >= 4 is 11.8 Å². The Bertz CT molecular complexity index is 1200. The summed E-state index contributed by atoms with van der Waals surface area (Å²) in [6.07, 6.45) is 1.55. The quantitative estimate of drug-likeness (QED) is 0.286. The summed E-state index contributed by atoms with van der Waals surface area (Å²) >= 11 is 0. The van der Waals surface area contributed by atoms with Gasteiger partial charge in [0.1, 0.15) is 23.0 Å². The van der Waals surface area contributed by atoms with E-state index in [2.05, 4.69) is 6.58 Å². The van der Waals surface area contributed by atoms with Crippen LogP contribution >= 0.6 is 0 Å². The predicted octanol–water partition coefficient (Wildman–Crippen LogP) is 4.28. The van der Waals surface area contributed by atoms with Crippen LogP contribution in [0.25, 0.3) is 11.1 Å². The molecule has 0 atom stereocenters. The minimum Gasteiger partial charge on any atom is -0.507 e. The topological polar surface area (TPSA) is 102 Å². The van der Waals surface area contributed by atoms with Crippen LogP contribution in [-0.4, -0.2) is 42.8 Å². The van der Waals surface area contributed by atoms with Gasteiger partial charge in [-0.2, -0.15) is 0 Å². The van der Waals surface area contributed by atoms with Crippen molar-refractivity contribution in [1.29, 1.82) is 0 Å². The largest absolute Gasteiger partial charge is 0.507 e. The molecule has 0 aliphatic rings. The summed E-state index contributed by atoms with van der Waals surface area (Å²) in [5.74, 6) is -0.808. The Labute approximate surface area is 191 Å². The highest BCUT2D eigenvalue weighted by molar-refractivity contribution is 6.13. The molecule has 33 heavy (non-hydrogen) atoms. The number of hydrogen-bond donors (Lipinski definition) is 2. The van der Waals surface area contributed by atoms with E-state index in [1.54, 1.807) is 24.3 Å². The summed E-state index contributed by atoms with van der Waals surface area (Å²) in [4.78, 5) is 24.4. The number of hydrogen-bond acceptors (Lipinski definition) is 7. The monoisotopic (exact) mass is 448 g/mol. The zero-order valence-corrected chi connectivity index (χ0v) is 18.3. The Kier molecular flexibility index (Phi) is 7.35. The van der Waals surface area contributed by atoms with Crippen LogP contribution in [0, 0.1) is 0 Å². The molecule has 0 radical (unpaired) electrons. The summed E-state index contributed by atoms with van der Waals surface area (Å²) in [7, 11) is 2.92. The van der Waals surface area contributed by atoms with Crippen molar-refractivity contribution in [1.82, 2.24) is 0 Å². The summed E-state index contributed by atoms with van der Waals surface area (Å²) in [6.45, 7) is 3.53. The number of ether oxygens (including phenoxy) is 3. The molecule has 0 saturated heterocycles. The predicted molar refractivity (Wildman–Crippen MR) is 123 cm³/mol. The number of carbonyl (C=O) groups is 2. The molecule has 3 rings (SSSR count). The Morgan fingerprint density at radius 1 is 0.970 bits per heavy atom. The highest BCUT2D eigenvalue weighted by Crippen LogP contribution is 2.41. The van der Waals surface area contributed by atoms with Crippen molar-refractivity contribution in [3.8, 4) is 34.1 Å². The third-order valence-electron chi connectivity index (χ3n) is 5.07. The summed E-state index contributed by atoms with van der Waals surface area (Å²) in [6, 6.07) is 14.6. The Morgan fingerprint density at radius 3 is 2.39 bits per heavy atom. The SMILES string of the molecule is C=CC(=O)OCCc1cccc(-c2c(OC)ccc(C(=O)c3ccc(OC)cc3O)c2O)c1. The van der Waals surface area contributed by atoms with Crippen LogP contribution in [0.3, 0.4) is 0 Å². The van der Waals surface area contributed by atoms with Crippen molar-refractivity contribution in [3.05, 3.63) is 83.9 Å². The van der Waals surface area contributed by atoms with Crippen molar-refractivity contribution in [2.75, 3.05) is 20.8 Å². The molecular weight excluding hydrogens is 424 g/mol. The number of ketones is 1. The van der Waals surface area contributed by atoms with E-state index >= 15 is 0 Å². The number of phenolic OH excluding ortho intramolecular Hbond substituents is 2. The van der Waals surface area contributed by atoms with Crippen LogP contribution in [0.5, 0.6) is 23.0 Å². The average Bonchev–Trinajstić information content (AvgIpc) is 2.83. The van der Waals surface area contributed by atoms with Gasteiger partial charge in [0, 0.05) is 18.6 Å². The van der Waals surface area contributed by atoms with E-state index < -0.39 is 11.8 Å². The molecule has 0 amide bonds. The normalized spacial score (nSPS) is 10.4. The number of esters is 1.